The van der Waals surface area contributed by atoms with Gasteiger partial charge in [-0.05, 0) is 82.9 Å². The van der Waals surface area contributed by atoms with Gasteiger partial charge in [-0.2, -0.15) is 0 Å². The van der Waals surface area contributed by atoms with Crippen molar-refractivity contribution in [2.75, 3.05) is 4.90 Å². The second-order valence-electron chi connectivity index (χ2n) is 14.5. The van der Waals surface area contributed by atoms with E-state index in [1.807, 2.05) is 6.07 Å². The van der Waals surface area contributed by atoms with Crippen molar-refractivity contribution in [1.29, 1.82) is 0 Å². The molecule has 3 heteroatoms. The van der Waals surface area contributed by atoms with E-state index in [1.54, 1.807) is 0 Å². The molecule has 0 aliphatic rings. The van der Waals surface area contributed by atoms with E-state index in [0.29, 0.717) is 0 Å². The number of para-hydroxylation sites is 4. The third-order valence-corrected chi connectivity index (χ3v) is 11.2. The van der Waals surface area contributed by atoms with Gasteiger partial charge in [0.1, 0.15) is 11.2 Å². The Balaban J connectivity index is 1.18. The minimum atomic E-state index is 0.861. The van der Waals surface area contributed by atoms with Gasteiger partial charge in [0.25, 0.3) is 0 Å². The highest BCUT2D eigenvalue weighted by atomic mass is 16.3. The lowest BCUT2D eigenvalue weighted by atomic mass is 9.96. The van der Waals surface area contributed by atoms with Crippen molar-refractivity contribution in [3.8, 4) is 39.1 Å². The van der Waals surface area contributed by atoms with Crippen LogP contribution in [0.3, 0.4) is 0 Å². The van der Waals surface area contributed by atoms with E-state index < -0.39 is 0 Å². The summed E-state index contributed by atoms with van der Waals surface area (Å²) in [5.41, 5.74) is 15.1. The van der Waals surface area contributed by atoms with Gasteiger partial charge >= 0.3 is 0 Å². The predicted octanol–water partition coefficient (Wildman–Crippen LogP) is 15.2. The lowest BCUT2D eigenvalue weighted by Crippen LogP contribution is -2.12. The van der Waals surface area contributed by atoms with Crippen molar-refractivity contribution in [3.63, 3.8) is 0 Å². The third kappa shape index (κ3) is 5.51. The van der Waals surface area contributed by atoms with Crippen LogP contribution in [0.2, 0.25) is 0 Å². The average molecular weight is 729 g/mol. The SMILES string of the molecule is c1ccc(-c2cccc(N(c3ccccc3-c3ccccc3)c3ccc4c(oc5ccccc54)c3-c3ccc(-n4c5ccccc5c5ccccc54)cc3)c2)cc1. The van der Waals surface area contributed by atoms with Gasteiger partial charge in [0, 0.05) is 44.0 Å². The van der Waals surface area contributed by atoms with Crippen molar-refractivity contribution in [3.05, 3.63) is 218 Å². The molecule has 0 N–H and O–H groups in total. The number of benzene rings is 9. The molecule has 0 aliphatic heterocycles. The smallest absolute Gasteiger partial charge is 0.145 e. The summed E-state index contributed by atoms with van der Waals surface area (Å²) in [5, 5.41) is 4.68. The standard InChI is InChI=1S/C54H36N2O/c1-3-16-37(17-4-1)40-20-15-21-42(36-40)56(48-26-11-7-22-43(48)38-18-5-2-6-19-38)51-35-34-47-46-25-10-14-29-52(46)57-54(47)53(51)39-30-32-41(33-31-39)55-49-27-12-8-23-44(49)45-24-9-13-28-50(45)55/h1-36H. The number of nitrogens with zero attached hydrogens (tertiary/aromatic N) is 2. The first kappa shape index (κ1) is 32.8. The van der Waals surface area contributed by atoms with Crippen molar-refractivity contribution in [2.24, 2.45) is 0 Å². The maximum Gasteiger partial charge on any atom is 0.145 e. The van der Waals surface area contributed by atoms with Crippen LogP contribution >= 0.6 is 0 Å². The second kappa shape index (κ2) is 13.6. The zero-order valence-corrected chi connectivity index (χ0v) is 31.1. The Morgan fingerprint density at radius 3 is 1.70 bits per heavy atom. The maximum atomic E-state index is 6.89. The van der Waals surface area contributed by atoms with Gasteiger partial charge < -0.3 is 13.9 Å². The Morgan fingerprint density at radius 2 is 0.965 bits per heavy atom. The topological polar surface area (TPSA) is 21.3 Å². The molecule has 11 rings (SSSR count). The first-order chi connectivity index (χ1) is 28.3. The number of fused-ring (bicyclic) bond motifs is 6. The molecule has 0 fully saturated rings. The average Bonchev–Trinajstić information content (AvgIpc) is 3.83. The highest BCUT2D eigenvalue weighted by Crippen LogP contribution is 2.49. The van der Waals surface area contributed by atoms with E-state index in [0.717, 1.165) is 72.5 Å². The van der Waals surface area contributed by atoms with Crippen molar-refractivity contribution >= 4 is 60.8 Å². The molecule has 0 aliphatic carbocycles. The summed E-state index contributed by atoms with van der Waals surface area (Å²) < 4.78 is 9.26. The van der Waals surface area contributed by atoms with E-state index in [4.69, 9.17) is 4.42 Å². The zero-order chi connectivity index (χ0) is 37.7. The number of anilines is 3. The van der Waals surface area contributed by atoms with Crippen molar-refractivity contribution < 1.29 is 4.42 Å². The molecular formula is C54H36N2O. The van der Waals surface area contributed by atoms with Gasteiger partial charge in [-0.25, -0.2) is 0 Å². The van der Waals surface area contributed by atoms with Crippen LogP contribution in [-0.4, -0.2) is 4.57 Å². The fourth-order valence-corrected chi connectivity index (χ4v) is 8.62. The molecule has 0 atom stereocenters. The molecule has 0 unspecified atom stereocenters. The number of rotatable bonds is 7. The largest absolute Gasteiger partial charge is 0.455 e. The van der Waals surface area contributed by atoms with Crippen molar-refractivity contribution in [1.82, 2.24) is 4.57 Å². The first-order valence-electron chi connectivity index (χ1n) is 19.4. The van der Waals surface area contributed by atoms with E-state index in [9.17, 15) is 0 Å². The van der Waals surface area contributed by atoms with Crippen LogP contribution in [0.25, 0.3) is 82.8 Å². The molecule has 57 heavy (non-hydrogen) atoms. The summed E-state index contributed by atoms with van der Waals surface area (Å²) >= 11 is 0. The summed E-state index contributed by atoms with van der Waals surface area (Å²) in [6, 6.07) is 78.0. The highest BCUT2D eigenvalue weighted by Gasteiger charge is 2.25. The summed E-state index contributed by atoms with van der Waals surface area (Å²) in [6.45, 7) is 0. The van der Waals surface area contributed by atoms with Gasteiger partial charge in [0.2, 0.25) is 0 Å². The minimum Gasteiger partial charge on any atom is -0.455 e. The van der Waals surface area contributed by atoms with E-state index >= 15 is 0 Å². The molecular weight excluding hydrogens is 693 g/mol. The monoisotopic (exact) mass is 728 g/mol. The van der Waals surface area contributed by atoms with Crippen LogP contribution < -0.4 is 4.90 Å². The molecule has 0 amide bonds. The normalized spacial score (nSPS) is 11.5. The predicted molar refractivity (Wildman–Crippen MR) is 239 cm³/mol. The minimum absolute atomic E-state index is 0.861. The van der Waals surface area contributed by atoms with Crippen LogP contribution in [-0.2, 0) is 0 Å². The highest BCUT2D eigenvalue weighted by molar-refractivity contribution is 6.14. The molecule has 0 bridgehead atoms. The quantitative estimate of drug-likeness (QED) is 0.163. The number of furan rings is 1. The van der Waals surface area contributed by atoms with E-state index in [1.165, 1.54) is 27.4 Å². The summed E-state index contributed by atoms with van der Waals surface area (Å²) in [7, 11) is 0. The van der Waals surface area contributed by atoms with E-state index in [-0.39, 0.29) is 0 Å². The Hall–Kier alpha value is -7.62. The van der Waals surface area contributed by atoms with Crippen LogP contribution in [0.15, 0.2) is 223 Å². The van der Waals surface area contributed by atoms with Gasteiger partial charge in [0.05, 0.1) is 22.4 Å². The molecule has 2 aromatic heterocycles. The lowest BCUT2D eigenvalue weighted by molar-refractivity contribution is 0.670. The molecule has 9 aromatic carbocycles. The number of hydrogen-bond acceptors (Lipinski definition) is 2. The molecule has 2 heterocycles. The zero-order valence-electron chi connectivity index (χ0n) is 31.1. The third-order valence-electron chi connectivity index (χ3n) is 11.2. The van der Waals surface area contributed by atoms with Gasteiger partial charge in [-0.3, -0.25) is 0 Å². The molecule has 0 spiro atoms. The molecule has 11 aromatic rings. The Morgan fingerprint density at radius 1 is 0.368 bits per heavy atom. The Kier molecular flexibility index (Phi) is 7.82. The molecule has 0 saturated carbocycles. The second-order valence-corrected chi connectivity index (χ2v) is 14.5. The summed E-state index contributed by atoms with van der Waals surface area (Å²) in [5.74, 6) is 0. The maximum absolute atomic E-state index is 6.89. The summed E-state index contributed by atoms with van der Waals surface area (Å²) in [6.07, 6.45) is 0. The van der Waals surface area contributed by atoms with Crippen LogP contribution in [0, 0.1) is 0 Å². The van der Waals surface area contributed by atoms with Gasteiger partial charge in [0.15, 0.2) is 0 Å². The Bertz CT molecular complexity index is 3180. The molecule has 0 radical (unpaired) electrons. The van der Waals surface area contributed by atoms with Crippen LogP contribution in [0.5, 0.6) is 0 Å². The van der Waals surface area contributed by atoms with Gasteiger partial charge in [-0.1, -0.05) is 158 Å². The number of aromatic nitrogens is 1. The fraction of sp³-hybridized carbons (Fsp3) is 0. The summed E-state index contributed by atoms with van der Waals surface area (Å²) in [4.78, 5) is 2.41. The fourth-order valence-electron chi connectivity index (χ4n) is 8.62. The van der Waals surface area contributed by atoms with E-state index in [2.05, 4.69) is 222 Å². The van der Waals surface area contributed by atoms with Gasteiger partial charge in [-0.15, -0.1) is 0 Å². The van der Waals surface area contributed by atoms with Crippen LogP contribution in [0.4, 0.5) is 17.1 Å². The van der Waals surface area contributed by atoms with Crippen LogP contribution in [0.1, 0.15) is 0 Å². The molecule has 3 nitrogen and oxygen atoms in total. The first-order valence-corrected chi connectivity index (χ1v) is 19.4. The van der Waals surface area contributed by atoms with Crippen molar-refractivity contribution in [2.45, 2.75) is 0 Å². The Labute approximate surface area is 330 Å². The molecule has 0 saturated heterocycles. The lowest BCUT2D eigenvalue weighted by Gasteiger charge is -2.30. The number of hydrogen-bond donors (Lipinski definition) is 0. The molecule has 268 valence electrons.